The van der Waals surface area contributed by atoms with Crippen LogP contribution in [0.3, 0.4) is 0 Å². The maximum Gasteiger partial charge on any atom is 0.167 e. The molecule has 1 unspecified atom stereocenters. The van der Waals surface area contributed by atoms with Crippen LogP contribution in [-0.2, 0) is 4.79 Å². The van der Waals surface area contributed by atoms with Gasteiger partial charge in [-0.2, -0.15) is 0 Å². The fourth-order valence-corrected chi connectivity index (χ4v) is 2.40. The van der Waals surface area contributed by atoms with E-state index in [-0.39, 0.29) is 30.6 Å². The fourth-order valence-electron chi connectivity index (χ4n) is 2.40. The average Bonchev–Trinajstić information content (AvgIpc) is 2.34. The highest BCUT2D eigenvalue weighted by molar-refractivity contribution is 5.85. The van der Waals surface area contributed by atoms with E-state index < -0.39 is 6.10 Å². The third-order valence-corrected chi connectivity index (χ3v) is 3.62. The van der Waals surface area contributed by atoms with E-state index in [9.17, 15) is 9.90 Å². The summed E-state index contributed by atoms with van der Waals surface area (Å²) in [6.07, 6.45) is 11.0. The fraction of sp³-hybridized carbons (Fsp3) is 0.941. The van der Waals surface area contributed by atoms with Gasteiger partial charge in [0.1, 0.15) is 6.54 Å². The average molecular weight is 358 g/mol. The molecule has 0 saturated carbocycles. The number of quaternary nitrogens is 1. The quantitative estimate of drug-likeness (QED) is 0.394. The van der Waals surface area contributed by atoms with Gasteiger partial charge in [-0.1, -0.05) is 58.3 Å². The van der Waals surface area contributed by atoms with Crippen LogP contribution in [0.4, 0.5) is 0 Å². The van der Waals surface area contributed by atoms with Crippen LogP contribution in [0, 0.1) is 0 Å². The predicted octanol–water partition coefficient (Wildman–Crippen LogP) is 0.969. The SMILES string of the molecule is CCCCCCCCCCCC(=O)C(O)C[N+](C)(C)C.Cl.[Cl-]. The highest BCUT2D eigenvalue weighted by atomic mass is 35.5. The summed E-state index contributed by atoms with van der Waals surface area (Å²) >= 11 is 0. The van der Waals surface area contributed by atoms with Gasteiger partial charge in [-0.3, -0.25) is 4.79 Å². The van der Waals surface area contributed by atoms with Gasteiger partial charge in [0.15, 0.2) is 11.9 Å². The van der Waals surface area contributed by atoms with Gasteiger partial charge in [0, 0.05) is 6.42 Å². The summed E-state index contributed by atoms with van der Waals surface area (Å²) in [5.41, 5.74) is 0. The van der Waals surface area contributed by atoms with Crippen molar-refractivity contribution < 1.29 is 26.8 Å². The first-order chi connectivity index (χ1) is 9.37. The van der Waals surface area contributed by atoms with Crippen LogP contribution in [0.2, 0.25) is 0 Å². The molecule has 0 spiro atoms. The van der Waals surface area contributed by atoms with E-state index >= 15 is 0 Å². The maximum atomic E-state index is 11.8. The molecule has 1 atom stereocenters. The topological polar surface area (TPSA) is 37.3 Å². The van der Waals surface area contributed by atoms with Crippen molar-refractivity contribution >= 4 is 18.2 Å². The third-order valence-electron chi connectivity index (χ3n) is 3.62. The first-order valence-electron chi connectivity index (χ1n) is 8.38. The summed E-state index contributed by atoms with van der Waals surface area (Å²) in [5, 5.41) is 9.81. The van der Waals surface area contributed by atoms with Crippen molar-refractivity contribution in [1.29, 1.82) is 0 Å². The van der Waals surface area contributed by atoms with E-state index in [1.54, 1.807) is 0 Å². The molecule has 5 heteroatoms. The van der Waals surface area contributed by atoms with E-state index in [4.69, 9.17) is 0 Å². The van der Waals surface area contributed by atoms with Crippen molar-refractivity contribution in [2.24, 2.45) is 0 Å². The molecule has 0 amide bonds. The second kappa shape index (κ2) is 16.0. The lowest BCUT2D eigenvalue weighted by molar-refractivity contribution is -0.872. The molecule has 136 valence electrons. The second-order valence-electron chi connectivity index (χ2n) is 7.03. The lowest BCUT2D eigenvalue weighted by atomic mass is 10.0. The molecule has 1 N–H and O–H groups in total. The van der Waals surface area contributed by atoms with Gasteiger partial charge in [-0.05, 0) is 6.42 Å². The molecule has 22 heavy (non-hydrogen) atoms. The van der Waals surface area contributed by atoms with Gasteiger partial charge in [0.25, 0.3) is 0 Å². The minimum absolute atomic E-state index is 0. The normalized spacial score (nSPS) is 12.2. The first-order valence-corrected chi connectivity index (χ1v) is 8.38. The molecular weight excluding hydrogens is 321 g/mol. The van der Waals surface area contributed by atoms with Crippen LogP contribution in [0.15, 0.2) is 0 Å². The molecule has 0 heterocycles. The second-order valence-corrected chi connectivity index (χ2v) is 7.03. The predicted molar refractivity (Wildman–Crippen MR) is 93.0 cm³/mol. The maximum absolute atomic E-state index is 11.8. The molecule has 0 aromatic rings. The number of carbonyl (C=O) groups is 1. The Morgan fingerprint density at radius 1 is 0.909 bits per heavy atom. The van der Waals surface area contributed by atoms with E-state index in [0.717, 1.165) is 12.8 Å². The number of unbranched alkanes of at least 4 members (excludes halogenated alkanes) is 8. The minimum atomic E-state index is -0.788. The molecule has 0 rings (SSSR count). The van der Waals surface area contributed by atoms with E-state index in [2.05, 4.69) is 6.92 Å². The number of ketones is 1. The Morgan fingerprint density at radius 3 is 1.73 bits per heavy atom. The van der Waals surface area contributed by atoms with Gasteiger partial charge >= 0.3 is 0 Å². The van der Waals surface area contributed by atoms with Crippen LogP contribution >= 0.6 is 12.4 Å². The zero-order valence-corrected chi connectivity index (χ0v) is 16.5. The Kier molecular flexibility index (Phi) is 19.7. The number of rotatable bonds is 13. The number of Topliss-reactive ketones (excluding diaryl/α,β-unsaturated/α-hetero) is 1. The molecule has 0 saturated heterocycles. The number of aliphatic hydroxyl groups is 1. The standard InChI is InChI=1S/C17H36NO2.2ClH/c1-5-6-7-8-9-10-11-12-13-14-16(19)17(20)15-18(2,3)4;;/h17,20H,5-15H2,1-4H3;2*1H/q+1;;/p-1. The molecule has 0 aromatic carbocycles. The van der Waals surface area contributed by atoms with Crippen molar-refractivity contribution in [3.8, 4) is 0 Å². The van der Waals surface area contributed by atoms with Crippen molar-refractivity contribution in [3.05, 3.63) is 0 Å². The van der Waals surface area contributed by atoms with Crippen LogP contribution in [-0.4, -0.2) is 49.2 Å². The van der Waals surface area contributed by atoms with Gasteiger partial charge < -0.3 is 22.0 Å². The summed E-state index contributed by atoms with van der Waals surface area (Å²) in [6, 6.07) is 0. The number of hydrogen-bond donors (Lipinski definition) is 1. The summed E-state index contributed by atoms with van der Waals surface area (Å²) in [6.45, 7) is 2.75. The van der Waals surface area contributed by atoms with E-state index in [0.29, 0.717) is 17.4 Å². The van der Waals surface area contributed by atoms with Gasteiger partial charge in [0.05, 0.1) is 21.1 Å². The Labute approximate surface area is 150 Å². The number of likely N-dealkylation sites (N-methyl/N-ethyl adjacent to an activating group) is 1. The molecule has 0 fully saturated rings. The van der Waals surface area contributed by atoms with Gasteiger partial charge in [-0.15, -0.1) is 12.4 Å². The highest BCUT2D eigenvalue weighted by Crippen LogP contribution is 2.11. The first kappa shape index (κ1) is 27.0. The lowest BCUT2D eigenvalue weighted by Gasteiger charge is -2.26. The molecule has 0 aromatic heterocycles. The Hall–Kier alpha value is 0.170. The molecule has 0 radical (unpaired) electrons. The smallest absolute Gasteiger partial charge is 0.167 e. The molecule has 0 bridgehead atoms. The van der Waals surface area contributed by atoms with Crippen LogP contribution in [0.5, 0.6) is 0 Å². The van der Waals surface area contributed by atoms with E-state index in [1.165, 1.54) is 44.9 Å². The van der Waals surface area contributed by atoms with Gasteiger partial charge in [-0.25, -0.2) is 0 Å². The summed E-state index contributed by atoms with van der Waals surface area (Å²) in [7, 11) is 5.99. The van der Waals surface area contributed by atoms with Crippen LogP contribution in [0.1, 0.15) is 71.1 Å². The monoisotopic (exact) mass is 357 g/mol. The Bertz CT molecular complexity index is 256. The Morgan fingerprint density at radius 2 is 1.32 bits per heavy atom. The van der Waals surface area contributed by atoms with Crippen molar-refractivity contribution in [3.63, 3.8) is 0 Å². The van der Waals surface area contributed by atoms with E-state index in [1.807, 2.05) is 21.1 Å². The van der Waals surface area contributed by atoms with Crippen molar-refractivity contribution in [1.82, 2.24) is 0 Å². The molecule has 0 aliphatic carbocycles. The van der Waals surface area contributed by atoms with Crippen LogP contribution < -0.4 is 12.4 Å². The largest absolute Gasteiger partial charge is 1.00 e. The van der Waals surface area contributed by atoms with Crippen molar-refractivity contribution in [2.75, 3.05) is 27.7 Å². The number of halogens is 2. The van der Waals surface area contributed by atoms with Gasteiger partial charge in [0.2, 0.25) is 0 Å². The molecule has 0 aliphatic rings. The zero-order chi connectivity index (χ0) is 15.4. The number of aliphatic hydroxyl groups excluding tert-OH is 1. The number of nitrogens with zero attached hydrogens (tertiary/aromatic N) is 1. The summed E-state index contributed by atoms with van der Waals surface area (Å²) in [4.78, 5) is 11.8. The molecule has 0 aliphatic heterocycles. The van der Waals surface area contributed by atoms with Crippen molar-refractivity contribution in [2.45, 2.75) is 77.2 Å². The lowest BCUT2D eigenvalue weighted by Crippen LogP contribution is -3.00. The summed E-state index contributed by atoms with van der Waals surface area (Å²) < 4.78 is 0.630. The Balaban J connectivity index is -0.00000180. The summed E-state index contributed by atoms with van der Waals surface area (Å²) in [5.74, 6) is 0.0148. The number of hydrogen-bond acceptors (Lipinski definition) is 2. The minimum Gasteiger partial charge on any atom is -1.00 e. The van der Waals surface area contributed by atoms with Crippen LogP contribution in [0.25, 0.3) is 0 Å². The number of carbonyl (C=O) groups excluding carboxylic acids is 1. The zero-order valence-electron chi connectivity index (χ0n) is 14.9. The molecule has 3 nitrogen and oxygen atoms in total. The molecular formula is C17H37Cl2NO2. The third kappa shape index (κ3) is 18.2. The highest BCUT2D eigenvalue weighted by Gasteiger charge is 2.21.